The molecule has 0 saturated carbocycles. The maximum Gasteiger partial charge on any atom is 0.169 e. The second-order valence-corrected chi connectivity index (χ2v) is 8.72. The van der Waals surface area contributed by atoms with Crippen LogP contribution in [0.5, 0.6) is 23.0 Å². The van der Waals surface area contributed by atoms with Gasteiger partial charge in [0.1, 0.15) is 23.0 Å². The van der Waals surface area contributed by atoms with Gasteiger partial charge in [0, 0.05) is 13.1 Å². The molecule has 5 nitrogen and oxygen atoms in total. The monoisotopic (exact) mass is 448 g/mol. The van der Waals surface area contributed by atoms with Gasteiger partial charge in [0.05, 0.1) is 0 Å². The fourth-order valence-electron chi connectivity index (χ4n) is 4.13. The molecule has 0 saturated heterocycles. The molecule has 4 rings (SSSR count). The Morgan fingerprint density at radius 1 is 0.576 bits per heavy atom. The van der Waals surface area contributed by atoms with Gasteiger partial charge >= 0.3 is 0 Å². The van der Waals surface area contributed by atoms with Gasteiger partial charge in [-0.1, -0.05) is 12.2 Å². The van der Waals surface area contributed by atoms with Crippen molar-refractivity contribution < 1.29 is 14.2 Å². The van der Waals surface area contributed by atoms with Crippen molar-refractivity contribution in [2.24, 2.45) is 0 Å². The average Bonchev–Trinajstić information content (AvgIpc) is 3.27. The summed E-state index contributed by atoms with van der Waals surface area (Å²) >= 11 is 0. The van der Waals surface area contributed by atoms with Crippen LogP contribution in [-0.2, 0) is 0 Å². The normalized spacial score (nSPS) is 18.2. The van der Waals surface area contributed by atoms with E-state index in [9.17, 15) is 0 Å². The van der Waals surface area contributed by atoms with E-state index >= 15 is 0 Å². The van der Waals surface area contributed by atoms with Crippen molar-refractivity contribution in [3.63, 3.8) is 0 Å². The van der Waals surface area contributed by atoms with Crippen molar-refractivity contribution in [2.75, 3.05) is 13.1 Å². The number of benzene rings is 2. The molecular formula is C28H36N2O3. The maximum absolute atomic E-state index is 6.12. The van der Waals surface area contributed by atoms with Crippen molar-refractivity contribution in [1.82, 2.24) is 9.80 Å². The Labute approximate surface area is 198 Å². The lowest BCUT2D eigenvalue weighted by molar-refractivity contribution is 0.0777. The molecule has 33 heavy (non-hydrogen) atoms. The molecule has 2 unspecified atom stereocenters. The summed E-state index contributed by atoms with van der Waals surface area (Å²) in [5.74, 6) is 3.24. The lowest BCUT2D eigenvalue weighted by Crippen LogP contribution is -2.33. The highest BCUT2D eigenvalue weighted by molar-refractivity contribution is 5.37. The fourth-order valence-corrected chi connectivity index (χ4v) is 4.13. The average molecular weight is 449 g/mol. The van der Waals surface area contributed by atoms with Crippen LogP contribution >= 0.6 is 0 Å². The van der Waals surface area contributed by atoms with Gasteiger partial charge in [-0.05, 0) is 113 Å². The number of hydrogen-bond donors (Lipinski definition) is 0. The Morgan fingerprint density at radius 2 is 0.970 bits per heavy atom. The first-order chi connectivity index (χ1) is 16.2. The van der Waals surface area contributed by atoms with Gasteiger partial charge in [-0.25, -0.2) is 0 Å². The van der Waals surface area contributed by atoms with Crippen LogP contribution in [0.3, 0.4) is 0 Å². The van der Waals surface area contributed by atoms with E-state index in [1.165, 1.54) is 25.7 Å². The minimum Gasteiger partial charge on any atom is -0.471 e. The van der Waals surface area contributed by atoms with Crippen LogP contribution in [0.4, 0.5) is 0 Å². The summed E-state index contributed by atoms with van der Waals surface area (Å²) in [7, 11) is 0. The zero-order valence-corrected chi connectivity index (χ0v) is 19.9. The molecule has 0 bridgehead atoms. The van der Waals surface area contributed by atoms with Crippen LogP contribution in [0.2, 0.25) is 0 Å². The molecule has 0 N–H and O–H groups in total. The number of rotatable bonds is 8. The summed E-state index contributed by atoms with van der Waals surface area (Å²) in [5, 5.41) is 0. The van der Waals surface area contributed by atoms with Gasteiger partial charge < -0.3 is 24.0 Å². The Morgan fingerprint density at radius 3 is 1.39 bits per heavy atom. The molecule has 0 spiro atoms. The van der Waals surface area contributed by atoms with Gasteiger partial charge in [-0.2, -0.15) is 0 Å². The van der Waals surface area contributed by atoms with E-state index in [0.717, 1.165) is 48.9 Å². The second-order valence-electron chi connectivity index (χ2n) is 8.72. The highest BCUT2D eigenvalue weighted by Crippen LogP contribution is 2.27. The largest absolute Gasteiger partial charge is 0.471 e. The van der Waals surface area contributed by atoms with Crippen molar-refractivity contribution >= 4 is 0 Å². The molecule has 0 radical (unpaired) electrons. The zero-order chi connectivity index (χ0) is 22.9. The predicted molar refractivity (Wildman–Crippen MR) is 133 cm³/mol. The van der Waals surface area contributed by atoms with Crippen molar-refractivity contribution in [2.45, 2.75) is 64.8 Å². The predicted octanol–water partition coefficient (Wildman–Crippen LogP) is 6.93. The van der Waals surface area contributed by atoms with Crippen LogP contribution in [-0.4, -0.2) is 35.3 Å². The Kier molecular flexibility index (Phi) is 8.18. The van der Waals surface area contributed by atoms with Gasteiger partial charge in [-0.15, -0.1) is 0 Å². The maximum atomic E-state index is 6.12. The molecule has 0 amide bonds. The van der Waals surface area contributed by atoms with Crippen LogP contribution in [0.25, 0.3) is 0 Å². The molecule has 2 aromatic carbocycles. The third-order valence-corrected chi connectivity index (χ3v) is 6.10. The molecular weight excluding hydrogens is 412 g/mol. The molecule has 5 heteroatoms. The first-order valence-corrected chi connectivity index (χ1v) is 12.2. The lowest BCUT2D eigenvalue weighted by Gasteiger charge is -2.27. The highest BCUT2D eigenvalue weighted by Gasteiger charge is 2.14. The van der Waals surface area contributed by atoms with Crippen LogP contribution in [0.15, 0.2) is 73.1 Å². The summed E-state index contributed by atoms with van der Waals surface area (Å²) in [4.78, 5) is 4.51. The number of hydrogen-bond acceptors (Lipinski definition) is 5. The van der Waals surface area contributed by atoms with Crippen LogP contribution in [0, 0.1) is 0 Å². The minimum atomic E-state index is 0.00542. The summed E-state index contributed by atoms with van der Waals surface area (Å²) in [6.45, 7) is 6.25. The topological polar surface area (TPSA) is 34.2 Å². The quantitative estimate of drug-likeness (QED) is 0.437. The Bertz CT molecular complexity index is 832. The van der Waals surface area contributed by atoms with E-state index in [4.69, 9.17) is 14.2 Å². The summed E-state index contributed by atoms with van der Waals surface area (Å²) in [6, 6.07) is 15.6. The Balaban J connectivity index is 1.28. The van der Waals surface area contributed by atoms with Gasteiger partial charge in [0.15, 0.2) is 12.5 Å². The van der Waals surface area contributed by atoms with Gasteiger partial charge in [-0.3, -0.25) is 0 Å². The summed E-state index contributed by atoms with van der Waals surface area (Å²) < 4.78 is 18.2. The van der Waals surface area contributed by atoms with Gasteiger partial charge in [0.2, 0.25) is 0 Å². The van der Waals surface area contributed by atoms with Gasteiger partial charge in [0.25, 0.3) is 0 Å². The number of allylic oxidation sites excluding steroid dienone is 2. The van der Waals surface area contributed by atoms with E-state index in [2.05, 4.69) is 48.2 Å². The third kappa shape index (κ3) is 6.95. The van der Waals surface area contributed by atoms with Crippen LogP contribution in [0.1, 0.15) is 52.4 Å². The fraction of sp³-hybridized carbons (Fsp3) is 0.429. The molecule has 2 heterocycles. The molecule has 2 aliphatic rings. The van der Waals surface area contributed by atoms with Crippen LogP contribution < -0.4 is 14.2 Å². The van der Waals surface area contributed by atoms with E-state index in [1.54, 1.807) is 0 Å². The molecule has 2 aliphatic heterocycles. The molecule has 0 aliphatic carbocycles. The highest BCUT2D eigenvalue weighted by atomic mass is 16.5. The Hall–Kier alpha value is -3.08. The van der Waals surface area contributed by atoms with Crippen molar-refractivity contribution in [1.29, 1.82) is 0 Å². The minimum absolute atomic E-state index is 0.00542. The molecule has 176 valence electrons. The zero-order valence-electron chi connectivity index (χ0n) is 19.9. The summed E-state index contributed by atoms with van der Waals surface area (Å²) in [5.41, 5.74) is 0. The van der Waals surface area contributed by atoms with Crippen molar-refractivity contribution in [3.8, 4) is 23.0 Å². The summed E-state index contributed by atoms with van der Waals surface area (Å²) in [6.07, 6.45) is 16.0. The molecule has 2 atom stereocenters. The lowest BCUT2D eigenvalue weighted by atomic mass is 10.2. The SMILES string of the molecule is CC(Oc1ccc(Oc2ccc(OC(C)N3C=CCCCC3)cc2)cc1)N1C=CCCCC1. The molecule has 2 aromatic rings. The van der Waals surface area contributed by atoms with E-state index in [-0.39, 0.29) is 12.5 Å². The van der Waals surface area contributed by atoms with E-state index in [0.29, 0.717) is 0 Å². The third-order valence-electron chi connectivity index (χ3n) is 6.10. The smallest absolute Gasteiger partial charge is 0.169 e. The van der Waals surface area contributed by atoms with Crippen molar-refractivity contribution in [3.05, 3.63) is 73.1 Å². The molecule has 0 aromatic heterocycles. The number of nitrogens with zero attached hydrogens (tertiary/aromatic N) is 2. The second kappa shape index (κ2) is 11.7. The number of ether oxygens (including phenoxy) is 3. The van der Waals surface area contributed by atoms with E-state index in [1.807, 2.05) is 48.5 Å². The standard InChI is InChI=1S/C28H36N2O3/c1-23(29-19-7-3-4-8-20-29)31-25-11-15-27(16-12-25)33-28-17-13-26(14-18-28)32-24(2)30-21-9-5-6-10-22-30/h7,9,11-19,21,23-24H,3-6,8,10,20,22H2,1-2H3. The first kappa shape index (κ1) is 23.1. The first-order valence-electron chi connectivity index (χ1n) is 12.2. The molecule has 0 fully saturated rings. The van der Waals surface area contributed by atoms with E-state index < -0.39 is 0 Å².